The number of carbonyl (C=O) groups excluding carboxylic acids is 1. The first-order valence-electron chi connectivity index (χ1n) is 9.15. The molecule has 0 bridgehead atoms. The van der Waals surface area contributed by atoms with E-state index in [1.165, 1.54) is 18.4 Å². The molecule has 2 heterocycles. The monoisotopic (exact) mass is 332 g/mol. The minimum atomic E-state index is 0.221. The molecule has 1 aliphatic rings. The molecule has 3 heteroatoms. The lowest BCUT2D eigenvalue weighted by atomic mass is 9.90. The molecule has 0 amide bonds. The first kappa shape index (κ1) is 16.1. The second-order valence-electron chi connectivity index (χ2n) is 7.08. The van der Waals surface area contributed by atoms with Crippen LogP contribution in [0.25, 0.3) is 10.9 Å². The van der Waals surface area contributed by atoms with Gasteiger partial charge in [0.25, 0.3) is 0 Å². The molecule has 1 aromatic heterocycles. The van der Waals surface area contributed by atoms with Crippen LogP contribution in [0.4, 0.5) is 0 Å². The maximum atomic E-state index is 12.7. The third-order valence-corrected chi connectivity index (χ3v) is 5.33. The summed E-state index contributed by atoms with van der Waals surface area (Å²) in [5.41, 5.74) is 3.28. The molecule has 0 radical (unpaired) electrons. The summed E-state index contributed by atoms with van der Waals surface area (Å²) in [5.74, 6) is 0.959. The van der Waals surface area contributed by atoms with Gasteiger partial charge in [-0.3, -0.25) is 9.69 Å². The molecule has 1 aliphatic heterocycles. The zero-order chi connectivity index (χ0) is 17.1. The average Bonchev–Trinajstić information content (AvgIpc) is 3.08. The van der Waals surface area contributed by atoms with E-state index in [0.717, 1.165) is 41.9 Å². The number of benzene rings is 2. The number of H-pyrrole nitrogens is 1. The predicted molar refractivity (Wildman–Crippen MR) is 102 cm³/mol. The van der Waals surface area contributed by atoms with Crippen molar-refractivity contribution in [2.75, 3.05) is 19.6 Å². The van der Waals surface area contributed by atoms with Gasteiger partial charge in [0.1, 0.15) is 0 Å². The van der Waals surface area contributed by atoms with Gasteiger partial charge in [-0.15, -0.1) is 0 Å². The minimum Gasteiger partial charge on any atom is -0.360 e. The van der Waals surface area contributed by atoms with Crippen molar-refractivity contribution in [3.8, 4) is 0 Å². The molecule has 0 aliphatic carbocycles. The second-order valence-corrected chi connectivity index (χ2v) is 7.08. The summed E-state index contributed by atoms with van der Waals surface area (Å²) in [6, 6.07) is 18.7. The molecule has 1 saturated heterocycles. The van der Waals surface area contributed by atoms with E-state index in [0.29, 0.717) is 6.54 Å². The number of nitrogens with one attached hydrogen (secondary N) is 1. The highest BCUT2D eigenvalue weighted by atomic mass is 16.1. The molecule has 3 aromatic rings. The summed E-state index contributed by atoms with van der Waals surface area (Å²) in [5, 5.41) is 1.03. The summed E-state index contributed by atoms with van der Waals surface area (Å²) in [6.45, 7) is 2.57. The van der Waals surface area contributed by atoms with Crippen molar-refractivity contribution in [3.05, 3.63) is 71.9 Å². The van der Waals surface area contributed by atoms with Gasteiger partial charge in [-0.1, -0.05) is 48.5 Å². The summed E-state index contributed by atoms with van der Waals surface area (Å²) in [4.78, 5) is 18.2. The highest BCUT2D eigenvalue weighted by Gasteiger charge is 2.22. The predicted octanol–water partition coefficient (Wildman–Crippen LogP) is 4.31. The SMILES string of the molecule is O=C(CN1CCC(Cc2ccccc2)CC1)c1c[nH]c2ccccc12. The maximum absolute atomic E-state index is 12.7. The Morgan fingerprint density at radius 1 is 1.00 bits per heavy atom. The Morgan fingerprint density at radius 2 is 1.72 bits per heavy atom. The van der Waals surface area contributed by atoms with E-state index in [2.05, 4.69) is 40.2 Å². The molecule has 4 rings (SSSR count). The van der Waals surface area contributed by atoms with Crippen LogP contribution in [0.2, 0.25) is 0 Å². The van der Waals surface area contributed by atoms with Gasteiger partial charge in [-0.2, -0.15) is 0 Å². The summed E-state index contributed by atoms with van der Waals surface area (Å²) in [6.07, 6.45) is 5.37. The average molecular weight is 332 g/mol. The summed E-state index contributed by atoms with van der Waals surface area (Å²) in [7, 11) is 0. The van der Waals surface area contributed by atoms with Crippen LogP contribution in [-0.2, 0) is 6.42 Å². The van der Waals surface area contributed by atoms with Gasteiger partial charge in [0, 0.05) is 22.7 Å². The van der Waals surface area contributed by atoms with Crippen molar-refractivity contribution >= 4 is 16.7 Å². The van der Waals surface area contributed by atoms with Gasteiger partial charge in [-0.25, -0.2) is 0 Å². The van der Waals surface area contributed by atoms with Gasteiger partial charge in [-0.05, 0) is 49.9 Å². The lowest BCUT2D eigenvalue weighted by Gasteiger charge is -2.31. The number of rotatable bonds is 5. The largest absolute Gasteiger partial charge is 0.360 e. The standard InChI is InChI=1S/C22H24N2O/c25-22(20-15-23-21-9-5-4-8-19(20)21)16-24-12-10-18(11-13-24)14-17-6-2-1-3-7-17/h1-9,15,18,23H,10-14,16H2. The zero-order valence-electron chi connectivity index (χ0n) is 14.4. The number of fused-ring (bicyclic) bond motifs is 1. The Balaban J connectivity index is 1.33. The van der Waals surface area contributed by atoms with E-state index < -0.39 is 0 Å². The fourth-order valence-corrected chi connectivity index (χ4v) is 3.89. The maximum Gasteiger partial charge on any atom is 0.178 e. The van der Waals surface area contributed by atoms with Crippen molar-refractivity contribution < 1.29 is 4.79 Å². The van der Waals surface area contributed by atoms with Crippen LogP contribution in [0.5, 0.6) is 0 Å². The van der Waals surface area contributed by atoms with E-state index in [4.69, 9.17) is 0 Å². The summed E-state index contributed by atoms with van der Waals surface area (Å²) < 4.78 is 0. The Hall–Kier alpha value is -2.39. The first-order valence-corrected chi connectivity index (χ1v) is 9.15. The van der Waals surface area contributed by atoms with Crippen LogP contribution in [0, 0.1) is 5.92 Å². The van der Waals surface area contributed by atoms with Gasteiger partial charge in [0.05, 0.1) is 6.54 Å². The number of Topliss-reactive ketones (excluding diaryl/α,β-unsaturated/α-hetero) is 1. The molecule has 0 saturated carbocycles. The molecule has 0 unspecified atom stereocenters. The highest BCUT2D eigenvalue weighted by molar-refractivity contribution is 6.08. The van der Waals surface area contributed by atoms with Crippen LogP contribution < -0.4 is 0 Å². The number of aromatic amines is 1. The Labute approximate surface area is 148 Å². The number of aromatic nitrogens is 1. The summed E-state index contributed by atoms with van der Waals surface area (Å²) >= 11 is 0. The first-order chi connectivity index (χ1) is 12.3. The van der Waals surface area contributed by atoms with Crippen molar-refractivity contribution in [1.82, 2.24) is 9.88 Å². The molecule has 0 spiro atoms. The number of likely N-dealkylation sites (tertiary alicyclic amines) is 1. The smallest absolute Gasteiger partial charge is 0.178 e. The topological polar surface area (TPSA) is 36.1 Å². The van der Waals surface area contributed by atoms with E-state index in [1.54, 1.807) is 0 Å². The second kappa shape index (κ2) is 7.24. The number of para-hydroxylation sites is 1. The zero-order valence-corrected chi connectivity index (χ0v) is 14.4. The van der Waals surface area contributed by atoms with Gasteiger partial charge >= 0.3 is 0 Å². The fourth-order valence-electron chi connectivity index (χ4n) is 3.89. The number of piperidine rings is 1. The van der Waals surface area contributed by atoms with Crippen molar-refractivity contribution in [1.29, 1.82) is 0 Å². The third kappa shape index (κ3) is 3.67. The number of ketones is 1. The van der Waals surface area contributed by atoms with Crippen LogP contribution >= 0.6 is 0 Å². The van der Waals surface area contributed by atoms with Crippen molar-refractivity contribution in [3.63, 3.8) is 0 Å². The van der Waals surface area contributed by atoms with Crippen LogP contribution in [-0.4, -0.2) is 35.3 Å². The van der Waals surface area contributed by atoms with E-state index in [1.807, 2.05) is 30.5 Å². The lowest BCUT2D eigenvalue weighted by molar-refractivity contribution is 0.0897. The van der Waals surface area contributed by atoms with Crippen LogP contribution in [0.15, 0.2) is 60.8 Å². The van der Waals surface area contributed by atoms with Crippen molar-refractivity contribution in [2.45, 2.75) is 19.3 Å². The molecule has 0 atom stereocenters. The number of carbonyl (C=O) groups is 1. The molecule has 128 valence electrons. The van der Waals surface area contributed by atoms with Gasteiger partial charge < -0.3 is 4.98 Å². The number of hydrogen-bond donors (Lipinski definition) is 1. The number of hydrogen-bond acceptors (Lipinski definition) is 2. The Morgan fingerprint density at radius 3 is 2.52 bits per heavy atom. The molecular formula is C22H24N2O. The van der Waals surface area contributed by atoms with Crippen LogP contribution in [0.3, 0.4) is 0 Å². The highest BCUT2D eigenvalue weighted by Crippen LogP contribution is 2.23. The van der Waals surface area contributed by atoms with E-state index in [9.17, 15) is 4.79 Å². The third-order valence-electron chi connectivity index (χ3n) is 5.33. The molecular weight excluding hydrogens is 308 g/mol. The van der Waals surface area contributed by atoms with E-state index >= 15 is 0 Å². The van der Waals surface area contributed by atoms with Crippen LogP contribution in [0.1, 0.15) is 28.8 Å². The van der Waals surface area contributed by atoms with Gasteiger partial charge in [0.2, 0.25) is 0 Å². The molecule has 1 N–H and O–H groups in total. The van der Waals surface area contributed by atoms with E-state index in [-0.39, 0.29) is 5.78 Å². The van der Waals surface area contributed by atoms with Gasteiger partial charge in [0.15, 0.2) is 5.78 Å². The normalized spacial score (nSPS) is 16.3. The molecule has 3 nitrogen and oxygen atoms in total. The number of nitrogens with zero attached hydrogens (tertiary/aromatic N) is 1. The fraction of sp³-hybridized carbons (Fsp3) is 0.318. The molecule has 2 aromatic carbocycles. The lowest BCUT2D eigenvalue weighted by Crippen LogP contribution is -2.37. The molecule has 25 heavy (non-hydrogen) atoms. The Bertz CT molecular complexity index is 845. The van der Waals surface area contributed by atoms with Crippen molar-refractivity contribution in [2.24, 2.45) is 5.92 Å². The molecule has 1 fully saturated rings. The quantitative estimate of drug-likeness (QED) is 0.707. The Kier molecular flexibility index (Phi) is 4.66. The minimum absolute atomic E-state index is 0.221.